The van der Waals surface area contributed by atoms with E-state index in [1.807, 2.05) is 30.5 Å². The molecular weight excluding hydrogens is 295 g/mol. The minimum atomic E-state index is -0.434. The van der Waals surface area contributed by atoms with E-state index in [-0.39, 0.29) is 24.6 Å². The Bertz CT molecular complexity index is 842. The Morgan fingerprint density at radius 3 is 2.87 bits per heavy atom. The van der Waals surface area contributed by atoms with Gasteiger partial charge >= 0.3 is 0 Å². The van der Waals surface area contributed by atoms with E-state index < -0.39 is 5.82 Å². The van der Waals surface area contributed by atoms with Crippen LogP contribution in [-0.2, 0) is 17.8 Å². The van der Waals surface area contributed by atoms with Gasteiger partial charge in [0.15, 0.2) is 11.6 Å². The van der Waals surface area contributed by atoms with Gasteiger partial charge in [-0.15, -0.1) is 0 Å². The molecule has 0 bridgehead atoms. The normalized spacial score (nSPS) is 10.7. The van der Waals surface area contributed by atoms with Gasteiger partial charge in [-0.1, -0.05) is 24.3 Å². The summed E-state index contributed by atoms with van der Waals surface area (Å²) >= 11 is 0. The van der Waals surface area contributed by atoms with Gasteiger partial charge in [0.1, 0.15) is 0 Å². The molecule has 0 fully saturated rings. The minimum absolute atomic E-state index is 0.106. The van der Waals surface area contributed by atoms with E-state index in [0.717, 1.165) is 16.5 Å². The second-order valence-corrected chi connectivity index (χ2v) is 5.28. The molecular formula is C18H17FN2O2. The number of aromatic amines is 1. The third-order valence-corrected chi connectivity index (χ3v) is 3.73. The number of rotatable bonds is 5. The molecule has 1 heterocycles. The van der Waals surface area contributed by atoms with Crippen molar-refractivity contribution in [2.75, 3.05) is 7.11 Å². The molecule has 1 aromatic heterocycles. The molecule has 23 heavy (non-hydrogen) atoms. The third-order valence-electron chi connectivity index (χ3n) is 3.73. The number of fused-ring (bicyclic) bond motifs is 1. The second kappa shape index (κ2) is 6.52. The summed E-state index contributed by atoms with van der Waals surface area (Å²) in [5, 5.41) is 3.85. The van der Waals surface area contributed by atoms with Crippen LogP contribution in [0.25, 0.3) is 10.9 Å². The predicted molar refractivity (Wildman–Crippen MR) is 86.8 cm³/mol. The molecule has 0 saturated carbocycles. The molecule has 0 unspecified atom stereocenters. The van der Waals surface area contributed by atoms with E-state index in [1.54, 1.807) is 12.1 Å². The Kier molecular flexibility index (Phi) is 4.28. The van der Waals surface area contributed by atoms with Gasteiger partial charge in [-0.2, -0.15) is 0 Å². The molecule has 5 heteroatoms. The Morgan fingerprint density at radius 2 is 2.09 bits per heavy atom. The van der Waals surface area contributed by atoms with Crippen LogP contribution in [0.2, 0.25) is 0 Å². The highest BCUT2D eigenvalue weighted by atomic mass is 19.1. The summed E-state index contributed by atoms with van der Waals surface area (Å²) in [5.74, 6) is -0.347. The van der Waals surface area contributed by atoms with Crippen LogP contribution in [0.15, 0.2) is 48.7 Å². The standard InChI is InChI=1S/C18H17FN2O2/c1-23-17-7-6-12(8-15(17)19)10-21-18(22)9-13-11-20-16-5-3-2-4-14(13)16/h2-8,11,20H,9-10H2,1H3,(H,21,22). The van der Waals surface area contributed by atoms with E-state index in [9.17, 15) is 9.18 Å². The summed E-state index contributed by atoms with van der Waals surface area (Å²) in [6, 6.07) is 12.5. The lowest BCUT2D eigenvalue weighted by Gasteiger charge is -2.07. The Hall–Kier alpha value is -2.82. The fourth-order valence-electron chi connectivity index (χ4n) is 2.53. The molecule has 3 rings (SSSR count). The summed E-state index contributed by atoms with van der Waals surface area (Å²) in [7, 11) is 1.42. The lowest BCUT2D eigenvalue weighted by molar-refractivity contribution is -0.120. The van der Waals surface area contributed by atoms with E-state index in [2.05, 4.69) is 10.3 Å². The van der Waals surface area contributed by atoms with Gasteiger partial charge in [0.25, 0.3) is 0 Å². The van der Waals surface area contributed by atoms with Crippen molar-refractivity contribution < 1.29 is 13.9 Å². The maximum absolute atomic E-state index is 13.6. The van der Waals surface area contributed by atoms with E-state index in [0.29, 0.717) is 5.56 Å². The molecule has 3 aromatic rings. The lowest BCUT2D eigenvalue weighted by Crippen LogP contribution is -2.24. The lowest BCUT2D eigenvalue weighted by atomic mass is 10.1. The molecule has 0 radical (unpaired) electrons. The minimum Gasteiger partial charge on any atom is -0.494 e. The van der Waals surface area contributed by atoms with Gasteiger partial charge in [0.2, 0.25) is 5.91 Å². The number of nitrogens with one attached hydrogen (secondary N) is 2. The monoisotopic (exact) mass is 312 g/mol. The quantitative estimate of drug-likeness (QED) is 0.760. The van der Waals surface area contributed by atoms with Crippen molar-refractivity contribution in [3.63, 3.8) is 0 Å². The van der Waals surface area contributed by atoms with Crippen LogP contribution in [0.1, 0.15) is 11.1 Å². The zero-order chi connectivity index (χ0) is 16.2. The van der Waals surface area contributed by atoms with Crippen LogP contribution >= 0.6 is 0 Å². The number of methoxy groups -OCH3 is 1. The van der Waals surface area contributed by atoms with Gasteiger partial charge in [-0.05, 0) is 29.3 Å². The zero-order valence-corrected chi connectivity index (χ0v) is 12.7. The summed E-state index contributed by atoms with van der Waals surface area (Å²) in [4.78, 5) is 15.2. The van der Waals surface area contributed by atoms with E-state index >= 15 is 0 Å². The second-order valence-electron chi connectivity index (χ2n) is 5.28. The first-order valence-corrected chi connectivity index (χ1v) is 7.31. The highest BCUT2D eigenvalue weighted by Gasteiger charge is 2.09. The maximum atomic E-state index is 13.6. The molecule has 118 valence electrons. The molecule has 2 N–H and O–H groups in total. The van der Waals surface area contributed by atoms with Gasteiger partial charge in [-0.3, -0.25) is 4.79 Å². The van der Waals surface area contributed by atoms with Gasteiger partial charge in [0.05, 0.1) is 13.5 Å². The Labute approximate surface area is 133 Å². The van der Waals surface area contributed by atoms with E-state index in [4.69, 9.17) is 4.74 Å². The third kappa shape index (κ3) is 3.34. The van der Waals surface area contributed by atoms with Gasteiger partial charge < -0.3 is 15.0 Å². The van der Waals surface area contributed by atoms with E-state index in [1.165, 1.54) is 13.2 Å². The number of benzene rings is 2. The first kappa shape index (κ1) is 15.1. The smallest absolute Gasteiger partial charge is 0.224 e. The number of aromatic nitrogens is 1. The average molecular weight is 312 g/mol. The maximum Gasteiger partial charge on any atom is 0.224 e. The van der Waals surface area contributed by atoms with Crippen LogP contribution in [-0.4, -0.2) is 18.0 Å². The number of ether oxygens (including phenoxy) is 1. The number of hydrogen-bond acceptors (Lipinski definition) is 2. The molecule has 0 saturated heterocycles. The van der Waals surface area contributed by atoms with Crippen LogP contribution < -0.4 is 10.1 Å². The fourth-order valence-corrected chi connectivity index (χ4v) is 2.53. The van der Waals surface area contributed by atoms with Crippen molar-refractivity contribution in [2.24, 2.45) is 0 Å². The first-order valence-electron chi connectivity index (χ1n) is 7.31. The van der Waals surface area contributed by atoms with Crippen molar-refractivity contribution in [3.05, 3.63) is 65.6 Å². The Morgan fingerprint density at radius 1 is 1.26 bits per heavy atom. The largest absolute Gasteiger partial charge is 0.494 e. The number of carbonyl (C=O) groups is 1. The Balaban J connectivity index is 1.62. The molecule has 0 aliphatic rings. The summed E-state index contributed by atoms with van der Waals surface area (Å²) < 4.78 is 18.5. The number of hydrogen-bond donors (Lipinski definition) is 2. The number of para-hydroxylation sites is 1. The predicted octanol–water partition coefficient (Wildman–Crippen LogP) is 3.17. The molecule has 0 aliphatic carbocycles. The zero-order valence-electron chi connectivity index (χ0n) is 12.7. The molecule has 2 aromatic carbocycles. The molecule has 0 spiro atoms. The van der Waals surface area contributed by atoms with Crippen molar-refractivity contribution in [1.82, 2.24) is 10.3 Å². The molecule has 0 aliphatic heterocycles. The van der Waals surface area contributed by atoms with Gasteiger partial charge in [0, 0.05) is 23.6 Å². The number of carbonyl (C=O) groups excluding carboxylic acids is 1. The van der Waals surface area contributed by atoms with Crippen LogP contribution in [0.4, 0.5) is 4.39 Å². The van der Waals surface area contributed by atoms with Crippen LogP contribution in [0.3, 0.4) is 0 Å². The van der Waals surface area contributed by atoms with Crippen LogP contribution in [0.5, 0.6) is 5.75 Å². The van der Waals surface area contributed by atoms with Crippen molar-refractivity contribution >= 4 is 16.8 Å². The fraction of sp³-hybridized carbons (Fsp3) is 0.167. The first-order chi connectivity index (χ1) is 11.2. The number of H-pyrrole nitrogens is 1. The average Bonchev–Trinajstić information content (AvgIpc) is 2.96. The summed E-state index contributed by atoms with van der Waals surface area (Å²) in [5.41, 5.74) is 2.64. The molecule has 0 atom stereocenters. The van der Waals surface area contributed by atoms with Crippen molar-refractivity contribution in [1.29, 1.82) is 0 Å². The summed E-state index contributed by atoms with van der Waals surface area (Å²) in [6.07, 6.45) is 2.12. The summed E-state index contributed by atoms with van der Waals surface area (Å²) in [6.45, 7) is 0.280. The van der Waals surface area contributed by atoms with Gasteiger partial charge in [-0.25, -0.2) is 4.39 Å². The van der Waals surface area contributed by atoms with Crippen LogP contribution in [0, 0.1) is 5.82 Å². The van der Waals surface area contributed by atoms with Crippen molar-refractivity contribution in [3.8, 4) is 5.75 Å². The number of amides is 1. The highest BCUT2D eigenvalue weighted by molar-refractivity contribution is 5.88. The topological polar surface area (TPSA) is 54.1 Å². The molecule has 4 nitrogen and oxygen atoms in total. The number of halogens is 1. The molecule has 1 amide bonds. The van der Waals surface area contributed by atoms with Crippen molar-refractivity contribution in [2.45, 2.75) is 13.0 Å². The highest BCUT2D eigenvalue weighted by Crippen LogP contribution is 2.19. The SMILES string of the molecule is COc1ccc(CNC(=O)Cc2c[nH]c3ccccc23)cc1F.